The molecule has 1 rings (SSSR count). The summed E-state index contributed by atoms with van der Waals surface area (Å²) in [6.45, 7) is 8.35. The number of hydrogen-bond acceptors (Lipinski definition) is 4. The second kappa shape index (κ2) is 7.74. The highest BCUT2D eigenvalue weighted by Gasteiger charge is 2.14. The van der Waals surface area contributed by atoms with Crippen molar-refractivity contribution in [1.82, 2.24) is 15.3 Å². The van der Waals surface area contributed by atoms with Gasteiger partial charge in [-0.2, -0.15) is 0 Å². The van der Waals surface area contributed by atoms with Crippen LogP contribution < -0.4 is 5.32 Å². The quantitative estimate of drug-likeness (QED) is 0.617. The summed E-state index contributed by atoms with van der Waals surface area (Å²) in [7, 11) is 0. The van der Waals surface area contributed by atoms with Crippen LogP contribution in [0.4, 0.5) is 0 Å². The first-order chi connectivity index (χ1) is 9.06. The Kier molecular flexibility index (Phi) is 6.29. The molecule has 0 aromatic carbocycles. The van der Waals surface area contributed by atoms with E-state index in [0.29, 0.717) is 25.4 Å². The Hall–Kier alpha value is -1.62. The molecule has 0 saturated heterocycles. The summed E-state index contributed by atoms with van der Waals surface area (Å²) < 4.78 is 4.96. The summed E-state index contributed by atoms with van der Waals surface area (Å²) in [5, 5.41) is 2.99. The molecule has 6 heteroatoms. The van der Waals surface area contributed by atoms with Gasteiger partial charge in [-0.3, -0.25) is 4.79 Å². The van der Waals surface area contributed by atoms with E-state index in [0.717, 1.165) is 0 Å². The Morgan fingerprint density at radius 3 is 3.00 bits per heavy atom. The minimum Gasteiger partial charge on any atom is -0.502 e. The van der Waals surface area contributed by atoms with E-state index in [-0.39, 0.29) is 22.5 Å². The molecule has 0 bridgehead atoms. The van der Waals surface area contributed by atoms with Gasteiger partial charge in [0.25, 0.3) is 5.91 Å². The number of rotatable bonds is 7. The Bertz CT molecular complexity index is 450. The SMILES string of the molecule is C=COCCCNC(=O)c1nc(C(C)C)ncc1Cl. The van der Waals surface area contributed by atoms with Crippen LogP contribution in [-0.4, -0.2) is 29.0 Å². The van der Waals surface area contributed by atoms with Crippen molar-refractivity contribution in [1.29, 1.82) is 0 Å². The fraction of sp³-hybridized carbons (Fsp3) is 0.462. The van der Waals surface area contributed by atoms with Gasteiger partial charge in [-0.05, 0) is 6.42 Å². The molecule has 0 radical (unpaired) electrons. The number of carbonyl (C=O) groups is 1. The minimum atomic E-state index is -0.298. The normalized spacial score (nSPS) is 10.3. The number of nitrogens with one attached hydrogen (secondary N) is 1. The summed E-state index contributed by atoms with van der Waals surface area (Å²) in [4.78, 5) is 20.2. The third-order valence-electron chi connectivity index (χ3n) is 2.34. The van der Waals surface area contributed by atoms with Crippen molar-refractivity contribution >= 4 is 17.5 Å². The third kappa shape index (κ3) is 4.87. The van der Waals surface area contributed by atoms with E-state index in [9.17, 15) is 4.79 Å². The highest BCUT2D eigenvalue weighted by molar-refractivity contribution is 6.33. The molecular weight excluding hydrogens is 266 g/mol. The predicted octanol–water partition coefficient (Wildman–Crippen LogP) is 2.53. The van der Waals surface area contributed by atoms with Crippen LogP contribution in [0.25, 0.3) is 0 Å². The molecule has 1 heterocycles. The van der Waals surface area contributed by atoms with Gasteiger partial charge in [-0.15, -0.1) is 0 Å². The minimum absolute atomic E-state index is 0.143. The van der Waals surface area contributed by atoms with Crippen molar-refractivity contribution in [3.05, 3.63) is 35.6 Å². The van der Waals surface area contributed by atoms with E-state index in [4.69, 9.17) is 16.3 Å². The Morgan fingerprint density at radius 2 is 2.37 bits per heavy atom. The molecule has 1 N–H and O–H groups in total. The summed E-state index contributed by atoms with van der Waals surface area (Å²) in [5.74, 6) is 0.447. The molecule has 0 aliphatic carbocycles. The third-order valence-corrected chi connectivity index (χ3v) is 2.61. The molecule has 19 heavy (non-hydrogen) atoms. The van der Waals surface area contributed by atoms with Gasteiger partial charge in [0.1, 0.15) is 11.5 Å². The molecule has 0 aliphatic heterocycles. The van der Waals surface area contributed by atoms with Crippen molar-refractivity contribution in [3.8, 4) is 0 Å². The fourth-order valence-electron chi connectivity index (χ4n) is 1.34. The van der Waals surface area contributed by atoms with Crippen LogP contribution in [0.3, 0.4) is 0 Å². The van der Waals surface area contributed by atoms with Crippen LogP contribution >= 0.6 is 11.6 Å². The Balaban J connectivity index is 2.60. The molecule has 0 unspecified atom stereocenters. The van der Waals surface area contributed by atoms with E-state index in [1.807, 2.05) is 13.8 Å². The number of carbonyl (C=O) groups excluding carboxylic acids is 1. The smallest absolute Gasteiger partial charge is 0.271 e. The molecule has 0 spiro atoms. The van der Waals surface area contributed by atoms with Gasteiger partial charge in [-0.25, -0.2) is 9.97 Å². The van der Waals surface area contributed by atoms with E-state index in [1.54, 1.807) is 0 Å². The second-order valence-corrected chi connectivity index (χ2v) is 4.63. The molecule has 0 atom stereocenters. The van der Waals surface area contributed by atoms with Gasteiger partial charge < -0.3 is 10.1 Å². The maximum Gasteiger partial charge on any atom is 0.271 e. The zero-order valence-electron chi connectivity index (χ0n) is 11.1. The van der Waals surface area contributed by atoms with Crippen LogP contribution in [0, 0.1) is 0 Å². The molecule has 1 aromatic rings. The lowest BCUT2D eigenvalue weighted by Gasteiger charge is -2.08. The number of nitrogens with zero attached hydrogens (tertiary/aromatic N) is 2. The van der Waals surface area contributed by atoms with Crippen molar-refractivity contribution < 1.29 is 9.53 Å². The van der Waals surface area contributed by atoms with Gasteiger partial charge in [0, 0.05) is 12.5 Å². The zero-order chi connectivity index (χ0) is 14.3. The monoisotopic (exact) mass is 283 g/mol. The molecule has 5 nitrogen and oxygen atoms in total. The topological polar surface area (TPSA) is 64.1 Å². The maximum atomic E-state index is 11.9. The van der Waals surface area contributed by atoms with Gasteiger partial charge in [-0.1, -0.05) is 32.0 Å². The predicted molar refractivity (Wildman–Crippen MR) is 74.2 cm³/mol. The first kappa shape index (κ1) is 15.4. The number of ether oxygens (including phenoxy) is 1. The zero-order valence-corrected chi connectivity index (χ0v) is 11.9. The van der Waals surface area contributed by atoms with E-state index >= 15 is 0 Å². The molecule has 0 fully saturated rings. The number of aromatic nitrogens is 2. The first-order valence-electron chi connectivity index (χ1n) is 6.09. The van der Waals surface area contributed by atoms with Crippen molar-refractivity contribution in [2.75, 3.05) is 13.2 Å². The Labute approximate surface area is 118 Å². The summed E-state index contributed by atoms with van der Waals surface area (Å²) >= 11 is 5.93. The largest absolute Gasteiger partial charge is 0.502 e. The molecule has 0 saturated carbocycles. The van der Waals surface area contributed by atoms with Gasteiger partial charge in [0.05, 0.1) is 24.1 Å². The fourth-order valence-corrected chi connectivity index (χ4v) is 1.52. The molecular formula is C13H18ClN3O2. The average Bonchev–Trinajstić information content (AvgIpc) is 2.38. The van der Waals surface area contributed by atoms with E-state index in [2.05, 4.69) is 21.9 Å². The lowest BCUT2D eigenvalue weighted by Crippen LogP contribution is -2.27. The maximum absolute atomic E-state index is 11.9. The molecule has 104 valence electrons. The van der Waals surface area contributed by atoms with Gasteiger partial charge >= 0.3 is 0 Å². The summed E-state index contributed by atoms with van der Waals surface area (Å²) in [6.07, 6.45) is 3.52. The first-order valence-corrected chi connectivity index (χ1v) is 6.47. The number of halogens is 1. The van der Waals surface area contributed by atoms with Crippen molar-refractivity contribution in [3.63, 3.8) is 0 Å². The van der Waals surface area contributed by atoms with Crippen molar-refractivity contribution in [2.24, 2.45) is 0 Å². The lowest BCUT2D eigenvalue weighted by atomic mass is 10.2. The summed E-state index contributed by atoms with van der Waals surface area (Å²) in [5.41, 5.74) is 0.213. The number of hydrogen-bond donors (Lipinski definition) is 1. The van der Waals surface area contributed by atoms with Crippen LogP contribution in [0.15, 0.2) is 19.0 Å². The standard InChI is InChI=1S/C13H18ClN3O2/c1-4-19-7-5-6-15-13(18)11-10(14)8-16-12(17-11)9(2)3/h4,8-9H,1,5-7H2,2-3H3,(H,15,18). The number of amides is 1. The van der Waals surface area contributed by atoms with E-state index in [1.165, 1.54) is 12.5 Å². The molecule has 0 aliphatic rings. The van der Waals surface area contributed by atoms with Gasteiger partial charge in [0.2, 0.25) is 0 Å². The second-order valence-electron chi connectivity index (χ2n) is 4.23. The highest BCUT2D eigenvalue weighted by atomic mass is 35.5. The van der Waals surface area contributed by atoms with Crippen LogP contribution in [0.2, 0.25) is 5.02 Å². The van der Waals surface area contributed by atoms with Gasteiger partial charge in [0.15, 0.2) is 0 Å². The molecule has 1 aromatic heterocycles. The highest BCUT2D eigenvalue weighted by Crippen LogP contribution is 2.16. The molecule has 1 amide bonds. The Morgan fingerprint density at radius 1 is 1.63 bits per heavy atom. The van der Waals surface area contributed by atoms with Crippen LogP contribution in [0.1, 0.15) is 42.5 Å². The summed E-state index contributed by atoms with van der Waals surface area (Å²) in [6, 6.07) is 0. The van der Waals surface area contributed by atoms with E-state index < -0.39 is 0 Å². The van der Waals surface area contributed by atoms with Crippen molar-refractivity contribution in [2.45, 2.75) is 26.2 Å². The van der Waals surface area contributed by atoms with Crippen LogP contribution in [-0.2, 0) is 4.74 Å². The average molecular weight is 284 g/mol. The van der Waals surface area contributed by atoms with Crippen LogP contribution in [0.5, 0.6) is 0 Å². The lowest BCUT2D eigenvalue weighted by molar-refractivity contribution is 0.0945.